The number of nitrogens with zero attached hydrogens (tertiary/aromatic N) is 10. The van der Waals surface area contributed by atoms with Crippen molar-refractivity contribution in [3.8, 4) is 0 Å². The molecule has 0 atom stereocenters. The van der Waals surface area contributed by atoms with Gasteiger partial charge in [-0.2, -0.15) is 0 Å². The van der Waals surface area contributed by atoms with E-state index in [0.717, 1.165) is 76.8 Å². The summed E-state index contributed by atoms with van der Waals surface area (Å²) in [5, 5.41) is 1.78. The number of aromatic nitrogens is 4. The van der Waals surface area contributed by atoms with Crippen molar-refractivity contribution in [1.29, 1.82) is 0 Å². The van der Waals surface area contributed by atoms with Gasteiger partial charge in [0.15, 0.2) is 22.9 Å². The standard InChI is InChI=1S/C41H64Cl2N10O2S2/c1-56-40-44-36(42)34(30-54)38(46-40)48-10-18-52(19-11-48)26-22-50(23-27-52)14-6-32(7-15-50)4-3-5-33-8-16-51(17-9-33)24-28-53(29-25-51)20-12-49(13-21-53)39-35(31-55)37(43)45-41(47-39)57-2/h30-33H,3-29H2,1-2H3/q+4. The summed E-state index contributed by atoms with van der Waals surface area (Å²) < 4.78 is 5.14. The lowest BCUT2D eigenvalue weighted by Gasteiger charge is -2.54. The second kappa shape index (κ2) is 17.7. The van der Waals surface area contributed by atoms with Crippen LogP contribution in [0.2, 0.25) is 10.3 Å². The maximum atomic E-state index is 11.9. The smallest absolute Gasteiger partial charge is 0.190 e. The number of carbonyl (C=O) groups is 2. The minimum absolute atomic E-state index is 0.263. The van der Waals surface area contributed by atoms with E-state index in [2.05, 4.69) is 29.7 Å². The molecule has 12 nitrogen and oxygen atoms in total. The molecule has 0 unspecified atom stereocenters. The van der Waals surface area contributed by atoms with Crippen molar-refractivity contribution in [2.75, 3.05) is 153 Å². The molecule has 8 heterocycles. The fourth-order valence-corrected chi connectivity index (χ4v) is 12.7. The van der Waals surface area contributed by atoms with E-state index in [0.29, 0.717) is 33.1 Å². The summed E-state index contributed by atoms with van der Waals surface area (Å²) in [6.45, 7) is 24.0. The van der Waals surface area contributed by atoms with Crippen LogP contribution in [-0.4, -0.2) is 194 Å². The number of rotatable bonds is 10. The molecule has 312 valence electrons. The minimum atomic E-state index is 0.263. The summed E-state index contributed by atoms with van der Waals surface area (Å²) in [4.78, 5) is 46.2. The van der Waals surface area contributed by atoms with Gasteiger partial charge < -0.3 is 27.7 Å². The van der Waals surface area contributed by atoms with E-state index < -0.39 is 0 Å². The number of hydrogen-bond donors (Lipinski definition) is 0. The van der Waals surface area contributed by atoms with E-state index >= 15 is 0 Å². The lowest BCUT2D eigenvalue weighted by molar-refractivity contribution is -1.03. The average molecular weight is 864 g/mol. The second-order valence-corrected chi connectivity index (χ2v) is 20.7. The van der Waals surface area contributed by atoms with Crippen LogP contribution in [0.1, 0.15) is 65.7 Å². The quantitative estimate of drug-likeness (QED) is 0.104. The predicted molar refractivity (Wildman–Crippen MR) is 231 cm³/mol. The third-order valence-electron chi connectivity index (χ3n) is 15.8. The van der Waals surface area contributed by atoms with Crippen LogP contribution in [-0.2, 0) is 0 Å². The molecule has 6 aliphatic heterocycles. The van der Waals surface area contributed by atoms with Crippen molar-refractivity contribution in [2.45, 2.75) is 55.3 Å². The number of halogens is 2. The molecule has 0 N–H and O–H groups in total. The fraction of sp³-hybridized carbons (Fsp3) is 0.756. The van der Waals surface area contributed by atoms with Gasteiger partial charge in [0, 0.05) is 0 Å². The van der Waals surface area contributed by atoms with Gasteiger partial charge in [-0.15, -0.1) is 0 Å². The monoisotopic (exact) mass is 862 g/mol. The van der Waals surface area contributed by atoms with Gasteiger partial charge in [0.05, 0.1) is 89.7 Å². The Morgan fingerprint density at radius 2 is 0.842 bits per heavy atom. The molecule has 0 bridgehead atoms. The molecule has 4 spiro atoms. The van der Waals surface area contributed by atoms with Gasteiger partial charge in [0.25, 0.3) is 0 Å². The predicted octanol–water partition coefficient (Wildman–Crippen LogP) is 5.27. The van der Waals surface area contributed by atoms with Crippen LogP contribution >= 0.6 is 46.7 Å². The molecule has 0 amide bonds. The molecule has 16 heteroatoms. The van der Waals surface area contributed by atoms with Crippen LogP contribution in [0.4, 0.5) is 11.6 Å². The third-order valence-corrected chi connectivity index (χ3v) is 17.4. The summed E-state index contributed by atoms with van der Waals surface area (Å²) in [5.74, 6) is 3.27. The normalized spacial score (nSPS) is 24.7. The number of piperidine rings is 2. The zero-order valence-corrected chi connectivity index (χ0v) is 37.4. The number of hydrogen-bond acceptors (Lipinski definition) is 10. The fourth-order valence-electron chi connectivity index (χ4n) is 11.4. The molecule has 0 aromatic carbocycles. The highest BCUT2D eigenvalue weighted by Gasteiger charge is 2.47. The first-order chi connectivity index (χ1) is 27.6. The Labute approximate surface area is 358 Å². The Morgan fingerprint density at radius 3 is 1.14 bits per heavy atom. The van der Waals surface area contributed by atoms with Gasteiger partial charge in [-0.05, 0) is 50.0 Å². The Kier molecular flexibility index (Phi) is 13.0. The van der Waals surface area contributed by atoms with E-state index in [4.69, 9.17) is 23.2 Å². The molecule has 0 aliphatic carbocycles. The molecular formula is C41H64Cl2N10O2S2+4. The van der Waals surface area contributed by atoms with E-state index in [1.165, 1.54) is 165 Å². The van der Waals surface area contributed by atoms with Gasteiger partial charge in [0.2, 0.25) is 0 Å². The van der Waals surface area contributed by atoms with E-state index in [1.54, 1.807) is 0 Å². The highest BCUT2D eigenvalue weighted by molar-refractivity contribution is 7.98. The number of aldehydes is 2. The van der Waals surface area contributed by atoms with Crippen LogP contribution in [0.15, 0.2) is 10.3 Å². The number of thioether (sulfide) groups is 2. The van der Waals surface area contributed by atoms with Crippen molar-refractivity contribution < 1.29 is 27.5 Å². The maximum absolute atomic E-state index is 11.9. The highest BCUT2D eigenvalue weighted by atomic mass is 35.5. The molecule has 6 saturated heterocycles. The van der Waals surface area contributed by atoms with Crippen molar-refractivity contribution in [1.82, 2.24) is 19.9 Å². The lowest BCUT2D eigenvalue weighted by atomic mass is 9.85. The third kappa shape index (κ3) is 8.99. The first-order valence-corrected chi connectivity index (χ1v) is 24.9. The van der Waals surface area contributed by atoms with Crippen LogP contribution in [0.25, 0.3) is 0 Å². The van der Waals surface area contributed by atoms with Crippen molar-refractivity contribution in [2.24, 2.45) is 11.8 Å². The van der Waals surface area contributed by atoms with Crippen LogP contribution in [0.5, 0.6) is 0 Å². The number of piperazine rings is 4. The van der Waals surface area contributed by atoms with Crippen molar-refractivity contribution >= 4 is 70.9 Å². The van der Waals surface area contributed by atoms with Gasteiger partial charge >= 0.3 is 0 Å². The molecule has 6 aliphatic rings. The molecule has 0 saturated carbocycles. The number of anilines is 2. The van der Waals surface area contributed by atoms with Crippen LogP contribution in [0, 0.1) is 11.8 Å². The topological polar surface area (TPSA) is 92.2 Å². The number of carbonyl (C=O) groups excluding carboxylic acids is 2. The van der Waals surface area contributed by atoms with E-state index in [9.17, 15) is 9.59 Å². The van der Waals surface area contributed by atoms with Gasteiger partial charge in [-0.3, -0.25) is 9.59 Å². The molecule has 2 aromatic rings. The molecule has 2 aromatic heterocycles. The van der Waals surface area contributed by atoms with E-state index in [-0.39, 0.29) is 10.3 Å². The first kappa shape index (κ1) is 41.9. The molecule has 57 heavy (non-hydrogen) atoms. The zero-order chi connectivity index (χ0) is 39.7. The van der Waals surface area contributed by atoms with Crippen LogP contribution in [0.3, 0.4) is 0 Å². The first-order valence-electron chi connectivity index (χ1n) is 21.7. The van der Waals surface area contributed by atoms with E-state index in [1.807, 2.05) is 12.5 Å². The number of quaternary nitrogens is 4. The van der Waals surface area contributed by atoms with Crippen molar-refractivity contribution in [3.63, 3.8) is 0 Å². The lowest BCUT2D eigenvalue weighted by Crippen LogP contribution is -2.71. The largest absolute Gasteiger partial charge is 0.345 e. The summed E-state index contributed by atoms with van der Waals surface area (Å²) >= 11 is 15.7. The Morgan fingerprint density at radius 1 is 0.526 bits per heavy atom. The van der Waals surface area contributed by atoms with Gasteiger partial charge in [-0.25, -0.2) is 19.9 Å². The average Bonchev–Trinajstić information content (AvgIpc) is 3.25. The maximum Gasteiger partial charge on any atom is 0.190 e. The summed E-state index contributed by atoms with van der Waals surface area (Å²) in [6.07, 6.45) is 15.5. The van der Waals surface area contributed by atoms with Crippen molar-refractivity contribution in [3.05, 3.63) is 21.4 Å². The second-order valence-electron chi connectivity index (χ2n) is 18.4. The molecular weight excluding hydrogens is 800 g/mol. The zero-order valence-electron chi connectivity index (χ0n) is 34.3. The van der Waals surface area contributed by atoms with Gasteiger partial charge in [0.1, 0.15) is 74.3 Å². The molecule has 0 radical (unpaired) electrons. The SMILES string of the molecule is CSc1nc(Cl)c(C=O)c(N2CC[N+]3(CC2)CC[N+]2(CCC(CCCC4CC[N+]5(CC4)CC[N+]4(CCN(c6nc(SC)nc(Cl)c6C=O)CC4)CC5)CC2)CC3)n1. The summed E-state index contributed by atoms with van der Waals surface area (Å²) in [7, 11) is 0. The Hall–Kier alpha value is -1.78. The summed E-state index contributed by atoms with van der Waals surface area (Å²) in [5.41, 5.74) is 0.853. The summed E-state index contributed by atoms with van der Waals surface area (Å²) in [6, 6.07) is 0. The molecule has 6 fully saturated rings. The van der Waals surface area contributed by atoms with Gasteiger partial charge in [-0.1, -0.05) is 66.0 Å². The Balaban J connectivity index is 0.720. The minimum Gasteiger partial charge on any atom is -0.345 e. The molecule has 8 rings (SSSR count). The Bertz CT molecular complexity index is 1610. The highest BCUT2D eigenvalue weighted by Crippen LogP contribution is 2.36. The van der Waals surface area contributed by atoms with Crippen LogP contribution < -0.4 is 9.80 Å².